The van der Waals surface area contributed by atoms with Crippen LogP contribution in [-0.4, -0.2) is 41.1 Å². The largest absolute Gasteiger partial charge is 0.481 e. The molecule has 1 aliphatic carbocycles. The van der Waals surface area contributed by atoms with Gasteiger partial charge in [-0.3, -0.25) is 4.79 Å². The Morgan fingerprint density at radius 1 is 1.41 bits per heavy atom. The number of hydrogen-bond acceptors (Lipinski definition) is 2. The zero-order valence-corrected chi connectivity index (χ0v) is 10.0. The lowest BCUT2D eigenvalue weighted by Crippen LogP contribution is -2.32. The maximum Gasteiger partial charge on any atom is 0.317 e. The summed E-state index contributed by atoms with van der Waals surface area (Å²) in [5.74, 6) is -0.166. The van der Waals surface area contributed by atoms with Crippen molar-refractivity contribution in [2.24, 2.45) is 5.92 Å². The van der Waals surface area contributed by atoms with Gasteiger partial charge in [0.1, 0.15) is 0 Å². The van der Waals surface area contributed by atoms with Crippen LogP contribution in [0, 0.1) is 5.92 Å². The van der Waals surface area contributed by atoms with Crippen LogP contribution in [0.2, 0.25) is 0 Å². The number of carbonyl (C=O) groups excluding carboxylic acids is 1. The molecular formula is C12H20N2O3. The number of rotatable bonds is 5. The number of nitrogens with one attached hydrogen (secondary N) is 1. The Hall–Kier alpha value is -1.26. The fourth-order valence-electron chi connectivity index (χ4n) is 2.86. The molecule has 1 saturated heterocycles. The second-order valence-electron chi connectivity index (χ2n) is 5.04. The van der Waals surface area contributed by atoms with Crippen LogP contribution in [0.1, 0.15) is 38.5 Å². The van der Waals surface area contributed by atoms with Crippen molar-refractivity contribution in [3.63, 3.8) is 0 Å². The van der Waals surface area contributed by atoms with E-state index in [4.69, 9.17) is 5.11 Å². The van der Waals surface area contributed by atoms with Crippen molar-refractivity contribution in [2.45, 2.75) is 44.6 Å². The Morgan fingerprint density at radius 2 is 2.12 bits per heavy atom. The van der Waals surface area contributed by atoms with E-state index in [1.54, 1.807) is 4.90 Å². The Kier molecular flexibility index (Phi) is 3.86. The highest BCUT2D eigenvalue weighted by Gasteiger charge is 2.34. The normalized spacial score (nSPS) is 25.3. The Bertz CT molecular complexity index is 300. The van der Waals surface area contributed by atoms with Gasteiger partial charge < -0.3 is 15.3 Å². The molecular weight excluding hydrogens is 220 g/mol. The molecule has 0 spiro atoms. The summed E-state index contributed by atoms with van der Waals surface area (Å²) >= 11 is 0. The van der Waals surface area contributed by atoms with Gasteiger partial charge in [0, 0.05) is 19.5 Å². The van der Waals surface area contributed by atoms with Crippen LogP contribution in [0.15, 0.2) is 0 Å². The first-order valence-electron chi connectivity index (χ1n) is 6.44. The van der Waals surface area contributed by atoms with Gasteiger partial charge in [0.25, 0.3) is 0 Å². The summed E-state index contributed by atoms with van der Waals surface area (Å²) in [4.78, 5) is 23.8. The standard InChI is InChI=1S/C12H20N2O3/c15-11(16)6-3-7-14-8-10(13-12(14)17)9-4-1-2-5-9/h9-10H,1-8H2,(H,13,17)(H,15,16). The van der Waals surface area contributed by atoms with Gasteiger partial charge in [-0.1, -0.05) is 12.8 Å². The third-order valence-corrected chi connectivity index (χ3v) is 3.80. The highest BCUT2D eigenvalue weighted by molar-refractivity contribution is 5.77. The van der Waals surface area contributed by atoms with Crippen molar-refractivity contribution >= 4 is 12.0 Å². The maximum absolute atomic E-state index is 11.7. The van der Waals surface area contributed by atoms with E-state index in [-0.39, 0.29) is 18.5 Å². The quantitative estimate of drug-likeness (QED) is 0.764. The number of carboxylic acid groups (broad SMARTS) is 1. The molecule has 0 aromatic carbocycles. The third kappa shape index (κ3) is 3.11. The summed E-state index contributed by atoms with van der Waals surface area (Å²) < 4.78 is 0. The molecule has 1 atom stereocenters. The minimum atomic E-state index is -0.794. The van der Waals surface area contributed by atoms with E-state index in [0.29, 0.717) is 18.9 Å². The van der Waals surface area contributed by atoms with Crippen molar-refractivity contribution in [2.75, 3.05) is 13.1 Å². The average Bonchev–Trinajstić information content (AvgIpc) is 2.87. The van der Waals surface area contributed by atoms with Crippen molar-refractivity contribution in [3.8, 4) is 0 Å². The van der Waals surface area contributed by atoms with Crippen molar-refractivity contribution in [1.82, 2.24) is 10.2 Å². The summed E-state index contributed by atoms with van der Waals surface area (Å²) in [5.41, 5.74) is 0. The van der Waals surface area contributed by atoms with Crippen LogP contribution in [0.3, 0.4) is 0 Å². The zero-order chi connectivity index (χ0) is 12.3. The Morgan fingerprint density at radius 3 is 2.76 bits per heavy atom. The summed E-state index contributed by atoms with van der Waals surface area (Å²) in [5, 5.41) is 11.6. The van der Waals surface area contributed by atoms with Gasteiger partial charge in [-0.2, -0.15) is 0 Å². The molecule has 1 saturated carbocycles. The fourth-order valence-corrected chi connectivity index (χ4v) is 2.86. The molecule has 17 heavy (non-hydrogen) atoms. The van der Waals surface area contributed by atoms with Gasteiger partial charge in [-0.05, 0) is 25.2 Å². The molecule has 1 unspecified atom stereocenters. The first-order chi connectivity index (χ1) is 8.16. The highest BCUT2D eigenvalue weighted by atomic mass is 16.4. The lowest BCUT2D eigenvalue weighted by Gasteiger charge is -2.17. The topological polar surface area (TPSA) is 69.6 Å². The van der Waals surface area contributed by atoms with Gasteiger partial charge in [0.05, 0.1) is 6.04 Å². The number of nitrogens with zero attached hydrogens (tertiary/aromatic N) is 1. The van der Waals surface area contributed by atoms with E-state index in [2.05, 4.69) is 5.32 Å². The second kappa shape index (κ2) is 5.38. The van der Waals surface area contributed by atoms with Crippen LogP contribution in [-0.2, 0) is 4.79 Å². The van der Waals surface area contributed by atoms with Crippen molar-refractivity contribution < 1.29 is 14.7 Å². The molecule has 5 heteroatoms. The van der Waals surface area contributed by atoms with Gasteiger partial charge in [0.2, 0.25) is 0 Å². The summed E-state index contributed by atoms with van der Waals surface area (Å²) in [6.45, 7) is 1.31. The smallest absolute Gasteiger partial charge is 0.317 e. The molecule has 0 bridgehead atoms. The van der Waals surface area contributed by atoms with E-state index >= 15 is 0 Å². The molecule has 2 N–H and O–H groups in total. The number of hydrogen-bond donors (Lipinski definition) is 2. The molecule has 1 heterocycles. The van der Waals surface area contributed by atoms with Crippen molar-refractivity contribution in [3.05, 3.63) is 0 Å². The number of carbonyl (C=O) groups is 2. The van der Waals surface area contributed by atoms with Crippen LogP contribution in [0.5, 0.6) is 0 Å². The van der Waals surface area contributed by atoms with E-state index in [1.165, 1.54) is 25.7 Å². The summed E-state index contributed by atoms with van der Waals surface area (Å²) in [7, 11) is 0. The van der Waals surface area contributed by atoms with Gasteiger partial charge in [0.15, 0.2) is 0 Å². The molecule has 2 rings (SSSR count). The minimum Gasteiger partial charge on any atom is -0.481 e. The monoisotopic (exact) mass is 240 g/mol. The predicted molar refractivity (Wildman–Crippen MR) is 62.7 cm³/mol. The molecule has 2 aliphatic rings. The van der Waals surface area contributed by atoms with Gasteiger partial charge >= 0.3 is 12.0 Å². The third-order valence-electron chi connectivity index (χ3n) is 3.80. The molecule has 2 fully saturated rings. The first-order valence-corrected chi connectivity index (χ1v) is 6.44. The van der Waals surface area contributed by atoms with Gasteiger partial charge in [-0.25, -0.2) is 4.79 Å². The molecule has 0 aromatic heterocycles. The van der Waals surface area contributed by atoms with Crippen molar-refractivity contribution in [1.29, 1.82) is 0 Å². The summed E-state index contributed by atoms with van der Waals surface area (Å²) in [6, 6.07) is 0.266. The van der Waals surface area contributed by atoms with E-state index < -0.39 is 5.97 Å². The van der Waals surface area contributed by atoms with Crippen LogP contribution in [0.4, 0.5) is 4.79 Å². The zero-order valence-electron chi connectivity index (χ0n) is 10.0. The van der Waals surface area contributed by atoms with E-state index in [1.807, 2.05) is 0 Å². The van der Waals surface area contributed by atoms with Crippen LogP contribution in [0.25, 0.3) is 0 Å². The molecule has 1 aliphatic heterocycles. The number of aliphatic carboxylic acids is 1. The maximum atomic E-state index is 11.7. The number of amides is 2. The molecule has 5 nitrogen and oxygen atoms in total. The van der Waals surface area contributed by atoms with E-state index in [9.17, 15) is 9.59 Å². The van der Waals surface area contributed by atoms with Crippen LogP contribution >= 0.6 is 0 Å². The average molecular weight is 240 g/mol. The highest BCUT2D eigenvalue weighted by Crippen LogP contribution is 2.29. The predicted octanol–water partition coefficient (Wildman–Crippen LogP) is 1.44. The lowest BCUT2D eigenvalue weighted by molar-refractivity contribution is -0.137. The van der Waals surface area contributed by atoms with Gasteiger partial charge in [-0.15, -0.1) is 0 Å². The molecule has 0 aromatic rings. The van der Waals surface area contributed by atoms with Crippen LogP contribution < -0.4 is 5.32 Å². The number of urea groups is 1. The second-order valence-corrected chi connectivity index (χ2v) is 5.04. The lowest BCUT2D eigenvalue weighted by atomic mass is 9.99. The SMILES string of the molecule is O=C(O)CCCN1CC(C2CCCC2)NC1=O. The number of carboxylic acids is 1. The fraction of sp³-hybridized carbons (Fsp3) is 0.833. The molecule has 0 radical (unpaired) electrons. The summed E-state index contributed by atoms with van der Waals surface area (Å²) in [6.07, 6.45) is 5.66. The molecule has 2 amide bonds. The van der Waals surface area contributed by atoms with E-state index in [0.717, 1.165) is 6.54 Å². The minimum absolute atomic E-state index is 0.0210. The first kappa shape index (κ1) is 12.2. The Balaban J connectivity index is 1.76. The Labute approximate surface area is 101 Å². The molecule has 96 valence electrons.